The summed E-state index contributed by atoms with van der Waals surface area (Å²) in [5.41, 5.74) is 2.73. The molecule has 6 nitrogen and oxygen atoms in total. The van der Waals surface area contributed by atoms with Crippen LogP contribution in [-0.4, -0.2) is 48.6 Å². The highest BCUT2D eigenvalue weighted by Gasteiger charge is 2.32. The average Bonchev–Trinajstić information content (AvgIpc) is 3.38. The van der Waals surface area contributed by atoms with Gasteiger partial charge in [-0.2, -0.15) is 0 Å². The standard InChI is InChI=1S/C27H33FN2O4/c1-3-24(27(32)29-17-22-9-6-14-33-22)34-21-11-10-18-12-13-30(25(31)4-2)26(23(18)16-21)19-7-5-8-20(28)15-19/h5,7-8,10-11,15-16,22,24,26H,3-4,6,9,12-14,17H2,1-2H3,(H,29,32). The van der Waals surface area contributed by atoms with Gasteiger partial charge >= 0.3 is 0 Å². The van der Waals surface area contributed by atoms with Gasteiger partial charge in [-0.3, -0.25) is 9.59 Å². The lowest BCUT2D eigenvalue weighted by Gasteiger charge is -2.38. The summed E-state index contributed by atoms with van der Waals surface area (Å²) in [7, 11) is 0. The number of amides is 2. The van der Waals surface area contributed by atoms with Crippen molar-refractivity contribution in [2.24, 2.45) is 0 Å². The second kappa shape index (κ2) is 11.0. The molecule has 0 saturated carbocycles. The molecule has 34 heavy (non-hydrogen) atoms. The maximum absolute atomic E-state index is 14.1. The van der Waals surface area contributed by atoms with Gasteiger partial charge in [0.15, 0.2) is 6.10 Å². The van der Waals surface area contributed by atoms with E-state index in [2.05, 4.69) is 5.32 Å². The first-order valence-corrected chi connectivity index (χ1v) is 12.2. The van der Waals surface area contributed by atoms with Gasteiger partial charge in [0.2, 0.25) is 5.91 Å². The Balaban J connectivity index is 1.57. The molecule has 2 aliphatic heterocycles. The third kappa shape index (κ3) is 5.41. The predicted octanol–water partition coefficient (Wildman–Crippen LogP) is 4.16. The summed E-state index contributed by atoms with van der Waals surface area (Å²) in [6.07, 6.45) is 3.02. The van der Waals surface area contributed by atoms with E-state index in [1.54, 1.807) is 6.07 Å². The Morgan fingerprint density at radius 2 is 2.09 bits per heavy atom. The minimum atomic E-state index is -0.635. The number of nitrogens with zero attached hydrogens (tertiary/aromatic N) is 1. The van der Waals surface area contributed by atoms with Crippen LogP contribution in [-0.2, 0) is 20.7 Å². The largest absolute Gasteiger partial charge is 0.481 e. The number of fused-ring (bicyclic) bond motifs is 1. The van der Waals surface area contributed by atoms with Crippen molar-refractivity contribution in [2.75, 3.05) is 19.7 Å². The van der Waals surface area contributed by atoms with Crippen molar-refractivity contribution in [3.63, 3.8) is 0 Å². The van der Waals surface area contributed by atoms with Crippen LogP contribution < -0.4 is 10.1 Å². The molecule has 2 aliphatic rings. The van der Waals surface area contributed by atoms with E-state index >= 15 is 0 Å². The number of hydrogen-bond donors (Lipinski definition) is 1. The van der Waals surface area contributed by atoms with Gasteiger partial charge in [0.25, 0.3) is 5.91 Å². The first kappa shape index (κ1) is 24.2. The zero-order chi connectivity index (χ0) is 24.1. The second-order valence-electron chi connectivity index (χ2n) is 8.90. The number of carbonyl (C=O) groups is 2. The molecule has 182 valence electrons. The van der Waals surface area contributed by atoms with Gasteiger partial charge in [0.05, 0.1) is 12.1 Å². The normalized spacial score (nSPS) is 20.5. The molecule has 0 spiro atoms. The monoisotopic (exact) mass is 468 g/mol. The smallest absolute Gasteiger partial charge is 0.261 e. The SMILES string of the molecule is CCC(=O)N1CCc2ccc(OC(CC)C(=O)NCC3CCCO3)cc2C1c1cccc(F)c1. The highest BCUT2D eigenvalue weighted by atomic mass is 19.1. The molecule has 0 aliphatic carbocycles. The third-order valence-corrected chi connectivity index (χ3v) is 6.60. The highest BCUT2D eigenvalue weighted by Crippen LogP contribution is 2.38. The van der Waals surface area contributed by atoms with Crippen LogP contribution in [0.3, 0.4) is 0 Å². The molecule has 0 bridgehead atoms. The first-order valence-electron chi connectivity index (χ1n) is 12.2. The fourth-order valence-corrected chi connectivity index (χ4v) is 4.79. The fraction of sp³-hybridized carbons (Fsp3) is 0.481. The molecule has 3 atom stereocenters. The molecule has 1 fully saturated rings. The topological polar surface area (TPSA) is 67.9 Å². The van der Waals surface area contributed by atoms with Crippen molar-refractivity contribution < 1.29 is 23.5 Å². The lowest BCUT2D eigenvalue weighted by molar-refractivity contribution is -0.133. The minimum absolute atomic E-state index is 0.0196. The molecule has 0 aromatic heterocycles. The Hall–Kier alpha value is -2.93. The van der Waals surface area contributed by atoms with E-state index in [1.165, 1.54) is 12.1 Å². The van der Waals surface area contributed by atoms with E-state index in [0.717, 1.165) is 36.1 Å². The van der Waals surface area contributed by atoms with Crippen molar-refractivity contribution >= 4 is 11.8 Å². The van der Waals surface area contributed by atoms with E-state index < -0.39 is 12.1 Å². The third-order valence-electron chi connectivity index (χ3n) is 6.60. The lowest BCUT2D eigenvalue weighted by Crippen LogP contribution is -2.41. The molecular formula is C27H33FN2O4. The van der Waals surface area contributed by atoms with E-state index in [-0.39, 0.29) is 23.7 Å². The van der Waals surface area contributed by atoms with Crippen LogP contribution in [0, 0.1) is 5.82 Å². The van der Waals surface area contributed by atoms with Crippen molar-refractivity contribution in [2.45, 2.75) is 64.2 Å². The highest BCUT2D eigenvalue weighted by molar-refractivity contribution is 5.81. The molecule has 1 saturated heterocycles. The average molecular weight is 469 g/mol. The molecule has 2 amide bonds. The van der Waals surface area contributed by atoms with Gasteiger partial charge in [-0.25, -0.2) is 4.39 Å². The van der Waals surface area contributed by atoms with Gasteiger partial charge in [0, 0.05) is 26.1 Å². The number of nitrogens with one attached hydrogen (secondary N) is 1. The summed E-state index contributed by atoms with van der Waals surface area (Å²) in [6.45, 7) is 5.54. The number of hydrogen-bond acceptors (Lipinski definition) is 4. The number of carbonyl (C=O) groups excluding carboxylic acids is 2. The quantitative estimate of drug-likeness (QED) is 0.632. The maximum Gasteiger partial charge on any atom is 0.261 e. The summed E-state index contributed by atoms with van der Waals surface area (Å²) < 4.78 is 25.8. The second-order valence-corrected chi connectivity index (χ2v) is 8.90. The predicted molar refractivity (Wildman–Crippen MR) is 127 cm³/mol. The van der Waals surface area contributed by atoms with E-state index in [1.807, 2.05) is 43.0 Å². The number of ether oxygens (including phenoxy) is 2. The number of halogens is 1. The van der Waals surface area contributed by atoms with Crippen molar-refractivity contribution in [1.29, 1.82) is 0 Å². The van der Waals surface area contributed by atoms with Gasteiger partial charge in [-0.1, -0.05) is 32.0 Å². The van der Waals surface area contributed by atoms with Crippen LogP contribution >= 0.6 is 0 Å². The molecule has 4 rings (SSSR count). The molecule has 1 N–H and O–H groups in total. The Bertz CT molecular complexity index is 1020. The Labute approximate surface area is 200 Å². The van der Waals surface area contributed by atoms with Crippen molar-refractivity contribution in [3.05, 3.63) is 65.0 Å². The summed E-state index contributed by atoms with van der Waals surface area (Å²) in [4.78, 5) is 27.3. The van der Waals surface area contributed by atoms with Crippen molar-refractivity contribution in [1.82, 2.24) is 10.2 Å². The molecule has 2 aromatic carbocycles. The van der Waals surface area contributed by atoms with E-state index in [0.29, 0.717) is 38.1 Å². The Kier molecular flexibility index (Phi) is 7.83. The van der Waals surface area contributed by atoms with Crippen LogP contribution in [0.15, 0.2) is 42.5 Å². The number of benzene rings is 2. The lowest BCUT2D eigenvalue weighted by atomic mass is 9.87. The van der Waals surface area contributed by atoms with Gasteiger partial charge in [-0.15, -0.1) is 0 Å². The molecule has 2 heterocycles. The van der Waals surface area contributed by atoms with Gasteiger partial charge in [0.1, 0.15) is 11.6 Å². The Morgan fingerprint density at radius 1 is 1.24 bits per heavy atom. The molecule has 0 radical (unpaired) electrons. The van der Waals surface area contributed by atoms with Crippen LogP contribution in [0.2, 0.25) is 0 Å². The minimum Gasteiger partial charge on any atom is -0.481 e. The molecule has 7 heteroatoms. The van der Waals surface area contributed by atoms with E-state index in [4.69, 9.17) is 9.47 Å². The molecule has 3 unspecified atom stereocenters. The van der Waals surface area contributed by atoms with Crippen LogP contribution in [0.4, 0.5) is 4.39 Å². The van der Waals surface area contributed by atoms with E-state index in [9.17, 15) is 14.0 Å². The maximum atomic E-state index is 14.1. The summed E-state index contributed by atoms with van der Waals surface area (Å²) in [6, 6.07) is 11.8. The summed E-state index contributed by atoms with van der Waals surface area (Å²) >= 11 is 0. The Morgan fingerprint density at radius 3 is 2.79 bits per heavy atom. The zero-order valence-corrected chi connectivity index (χ0v) is 19.9. The number of rotatable bonds is 8. The fourth-order valence-electron chi connectivity index (χ4n) is 4.79. The van der Waals surface area contributed by atoms with Crippen LogP contribution in [0.5, 0.6) is 5.75 Å². The van der Waals surface area contributed by atoms with Gasteiger partial charge in [-0.05, 0) is 66.6 Å². The summed E-state index contributed by atoms with van der Waals surface area (Å²) in [5.74, 6) is 0.0753. The molecule has 2 aromatic rings. The first-order chi connectivity index (χ1) is 16.5. The van der Waals surface area contributed by atoms with Crippen LogP contribution in [0.1, 0.15) is 62.3 Å². The van der Waals surface area contributed by atoms with Crippen molar-refractivity contribution in [3.8, 4) is 5.75 Å². The van der Waals surface area contributed by atoms with Gasteiger partial charge < -0.3 is 19.7 Å². The zero-order valence-electron chi connectivity index (χ0n) is 19.9. The summed E-state index contributed by atoms with van der Waals surface area (Å²) in [5, 5.41) is 2.95. The van der Waals surface area contributed by atoms with Crippen LogP contribution in [0.25, 0.3) is 0 Å². The molecular weight excluding hydrogens is 435 g/mol.